The third kappa shape index (κ3) is 2.82. The highest BCUT2D eigenvalue weighted by Gasteiger charge is 2.33. The summed E-state index contributed by atoms with van der Waals surface area (Å²) in [7, 11) is 0. The van der Waals surface area contributed by atoms with E-state index in [0.717, 1.165) is 49.1 Å². The quantitative estimate of drug-likeness (QED) is 0.909. The fourth-order valence-electron chi connectivity index (χ4n) is 3.65. The maximum absolute atomic E-state index is 13.1. The van der Waals surface area contributed by atoms with Crippen LogP contribution >= 0.6 is 11.6 Å². The van der Waals surface area contributed by atoms with Crippen LogP contribution in [0, 0.1) is 0 Å². The lowest BCUT2D eigenvalue weighted by Crippen LogP contribution is -2.49. The maximum atomic E-state index is 13.1. The lowest BCUT2D eigenvalue weighted by molar-refractivity contribution is 0.0622. The zero-order valence-electron chi connectivity index (χ0n) is 13.4. The van der Waals surface area contributed by atoms with E-state index in [1.807, 2.05) is 29.2 Å². The second-order valence-corrected chi connectivity index (χ2v) is 6.85. The number of hydrogen-bond acceptors (Lipinski definition) is 4. The summed E-state index contributed by atoms with van der Waals surface area (Å²) in [4.78, 5) is 15.0. The van der Waals surface area contributed by atoms with Crippen molar-refractivity contribution in [3.05, 3.63) is 51.9 Å². The van der Waals surface area contributed by atoms with E-state index in [1.54, 1.807) is 0 Å². The number of halogens is 1. The number of piperazine rings is 1. The molecule has 1 saturated heterocycles. The van der Waals surface area contributed by atoms with Crippen LogP contribution in [-0.2, 0) is 12.8 Å². The smallest absolute Gasteiger partial charge is 0.276 e. The van der Waals surface area contributed by atoms with Crippen LogP contribution in [0.1, 0.15) is 46.3 Å². The topological polar surface area (TPSA) is 58.4 Å². The van der Waals surface area contributed by atoms with E-state index in [-0.39, 0.29) is 11.9 Å². The molecule has 126 valence electrons. The molecule has 2 aliphatic rings. The van der Waals surface area contributed by atoms with Crippen LogP contribution in [0.25, 0.3) is 0 Å². The zero-order valence-corrected chi connectivity index (χ0v) is 14.2. The maximum Gasteiger partial charge on any atom is 0.276 e. The number of nitrogens with one attached hydrogen (secondary N) is 1. The number of carbonyl (C=O) groups excluding carboxylic acids is 1. The summed E-state index contributed by atoms with van der Waals surface area (Å²) in [6.45, 7) is 2.15. The van der Waals surface area contributed by atoms with Gasteiger partial charge in [-0.25, -0.2) is 0 Å². The third-order valence-electron chi connectivity index (χ3n) is 4.89. The minimum Gasteiger partial charge on any atom is -0.360 e. The van der Waals surface area contributed by atoms with Crippen molar-refractivity contribution in [1.82, 2.24) is 15.4 Å². The van der Waals surface area contributed by atoms with Gasteiger partial charge in [0, 0.05) is 36.6 Å². The predicted octanol–water partition coefficient (Wildman–Crippen LogP) is 2.99. The Kier molecular flexibility index (Phi) is 4.29. The van der Waals surface area contributed by atoms with E-state index in [2.05, 4.69) is 10.5 Å². The van der Waals surface area contributed by atoms with Crippen molar-refractivity contribution in [2.75, 3.05) is 19.6 Å². The molecule has 1 aliphatic carbocycles. The SMILES string of the molecule is O=C(c1noc2c1CCCC2)N1CCNCC1c1cccc(Cl)c1. The monoisotopic (exact) mass is 345 g/mol. The van der Waals surface area contributed by atoms with Crippen LogP contribution in [0.4, 0.5) is 0 Å². The van der Waals surface area contributed by atoms with Crippen molar-refractivity contribution in [2.45, 2.75) is 31.7 Å². The summed E-state index contributed by atoms with van der Waals surface area (Å²) >= 11 is 6.13. The predicted molar refractivity (Wildman–Crippen MR) is 91.2 cm³/mol. The average Bonchev–Trinajstić information content (AvgIpc) is 3.05. The molecule has 5 nitrogen and oxygen atoms in total. The highest BCUT2D eigenvalue weighted by molar-refractivity contribution is 6.30. The number of aromatic nitrogens is 1. The molecule has 0 spiro atoms. The summed E-state index contributed by atoms with van der Waals surface area (Å²) in [5, 5.41) is 8.15. The van der Waals surface area contributed by atoms with Crippen LogP contribution in [0.2, 0.25) is 5.02 Å². The lowest BCUT2D eigenvalue weighted by atomic mass is 9.95. The van der Waals surface area contributed by atoms with Gasteiger partial charge in [0.15, 0.2) is 5.69 Å². The molecule has 2 heterocycles. The molecule has 0 bridgehead atoms. The van der Waals surface area contributed by atoms with Crippen LogP contribution in [0.3, 0.4) is 0 Å². The Morgan fingerprint density at radius 3 is 3.08 bits per heavy atom. The van der Waals surface area contributed by atoms with Gasteiger partial charge in [0.05, 0.1) is 6.04 Å². The lowest BCUT2D eigenvalue weighted by Gasteiger charge is -2.36. The summed E-state index contributed by atoms with van der Waals surface area (Å²) in [6, 6.07) is 7.68. The van der Waals surface area contributed by atoms with Gasteiger partial charge < -0.3 is 14.7 Å². The molecule has 1 aliphatic heterocycles. The van der Waals surface area contributed by atoms with Gasteiger partial charge in [-0.1, -0.05) is 28.9 Å². The van der Waals surface area contributed by atoms with E-state index in [1.165, 1.54) is 0 Å². The number of nitrogens with zero attached hydrogens (tertiary/aromatic N) is 2. The van der Waals surface area contributed by atoms with Gasteiger partial charge in [-0.15, -0.1) is 0 Å². The van der Waals surface area contributed by atoms with Crippen LogP contribution in [0.15, 0.2) is 28.8 Å². The molecular formula is C18H20ClN3O2. The van der Waals surface area contributed by atoms with E-state index in [0.29, 0.717) is 23.8 Å². The number of fused-ring (bicyclic) bond motifs is 1. The van der Waals surface area contributed by atoms with Gasteiger partial charge in [-0.2, -0.15) is 0 Å². The molecule has 1 aromatic carbocycles. The Balaban J connectivity index is 1.65. The minimum atomic E-state index is -0.0408. The second kappa shape index (κ2) is 6.57. The van der Waals surface area contributed by atoms with E-state index < -0.39 is 0 Å². The molecule has 1 aromatic heterocycles. The third-order valence-corrected chi connectivity index (χ3v) is 5.13. The first kappa shape index (κ1) is 15.7. The fourth-order valence-corrected chi connectivity index (χ4v) is 3.85. The molecule has 1 unspecified atom stereocenters. The number of benzene rings is 1. The van der Waals surface area contributed by atoms with Gasteiger partial charge in [0.1, 0.15) is 5.76 Å². The summed E-state index contributed by atoms with van der Waals surface area (Å²) in [5.74, 6) is 0.854. The van der Waals surface area contributed by atoms with Crippen LogP contribution < -0.4 is 5.32 Å². The molecule has 1 fully saturated rings. The van der Waals surface area contributed by atoms with Crippen molar-refractivity contribution < 1.29 is 9.32 Å². The Morgan fingerprint density at radius 2 is 2.21 bits per heavy atom. The first-order valence-corrected chi connectivity index (χ1v) is 8.86. The Morgan fingerprint density at radius 1 is 1.33 bits per heavy atom. The molecule has 1 N–H and O–H groups in total. The van der Waals surface area contributed by atoms with E-state index in [4.69, 9.17) is 16.1 Å². The number of hydrogen-bond donors (Lipinski definition) is 1. The number of carbonyl (C=O) groups is 1. The largest absolute Gasteiger partial charge is 0.360 e. The fraction of sp³-hybridized carbons (Fsp3) is 0.444. The van der Waals surface area contributed by atoms with Gasteiger partial charge in [0.2, 0.25) is 0 Å². The molecule has 2 aromatic rings. The van der Waals surface area contributed by atoms with Crippen molar-refractivity contribution in [1.29, 1.82) is 0 Å². The van der Waals surface area contributed by atoms with Gasteiger partial charge in [0.25, 0.3) is 5.91 Å². The Labute approximate surface area is 146 Å². The van der Waals surface area contributed by atoms with Gasteiger partial charge in [-0.3, -0.25) is 4.79 Å². The molecule has 24 heavy (non-hydrogen) atoms. The number of amides is 1. The normalized spacial score (nSPS) is 20.7. The molecule has 1 atom stereocenters. The minimum absolute atomic E-state index is 0.0339. The number of aryl methyl sites for hydroxylation is 1. The molecule has 6 heteroatoms. The Bertz CT molecular complexity index is 758. The molecule has 1 amide bonds. The van der Waals surface area contributed by atoms with Gasteiger partial charge >= 0.3 is 0 Å². The first-order chi connectivity index (χ1) is 11.7. The standard InChI is InChI=1S/C18H20ClN3O2/c19-13-5-3-4-12(10-13)15-11-20-8-9-22(15)18(23)17-14-6-1-2-7-16(14)24-21-17/h3-5,10,15,20H,1-2,6-9,11H2. The zero-order chi connectivity index (χ0) is 16.5. The molecular weight excluding hydrogens is 326 g/mol. The van der Waals surface area contributed by atoms with Crippen LogP contribution in [-0.4, -0.2) is 35.6 Å². The summed E-state index contributed by atoms with van der Waals surface area (Å²) in [6.07, 6.45) is 3.96. The summed E-state index contributed by atoms with van der Waals surface area (Å²) < 4.78 is 5.42. The van der Waals surface area contributed by atoms with Gasteiger partial charge in [-0.05, 0) is 37.0 Å². The highest BCUT2D eigenvalue weighted by Crippen LogP contribution is 2.29. The highest BCUT2D eigenvalue weighted by atomic mass is 35.5. The molecule has 4 rings (SSSR count). The second-order valence-electron chi connectivity index (χ2n) is 6.41. The van der Waals surface area contributed by atoms with Crippen LogP contribution in [0.5, 0.6) is 0 Å². The average molecular weight is 346 g/mol. The molecule has 0 saturated carbocycles. The number of rotatable bonds is 2. The van der Waals surface area contributed by atoms with Crippen molar-refractivity contribution in [3.63, 3.8) is 0 Å². The van der Waals surface area contributed by atoms with E-state index >= 15 is 0 Å². The van der Waals surface area contributed by atoms with Crippen molar-refractivity contribution in [3.8, 4) is 0 Å². The summed E-state index contributed by atoms with van der Waals surface area (Å²) in [5.41, 5.74) is 2.55. The van der Waals surface area contributed by atoms with E-state index in [9.17, 15) is 4.79 Å². The molecule has 0 radical (unpaired) electrons. The van der Waals surface area contributed by atoms with Crippen molar-refractivity contribution >= 4 is 17.5 Å². The Hall–Kier alpha value is -1.85. The first-order valence-electron chi connectivity index (χ1n) is 8.48. The van der Waals surface area contributed by atoms with Crippen molar-refractivity contribution in [2.24, 2.45) is 0 Å².